The number of rotatable bonds is 5. The molecular formula is C10H18O4. The lowest BCUT2D eigenvalue weighted by Gasteiger charge is -2.22. The molecule has 1 rings (SSSR count). The Morgan fingerprint density at radius 3 is 2.93 bits per heavy atom. The van der Waals surface area contributed by atoms with Crippen LogP contribution in [0.1, 0.15) is 39.5 Å². The molecule has 2 atom stereocenters. The Labute approximate surface area is 84.2 Å². The molecule has 1 heterocycles. The van der Waals surface area contributed by atoms with Gasteiger partial charge >= 0.3 is 5.97 Å². The summed E-state index contributed by atoms with van der Waals surface area (Å²) in [6.45, 7) is 4.50. The van der Waals surface area contributed by atoms with E-state index in [9.17, 15) is 4.79 Å². The van der Waals surface area contributed by atoms with Crippen LogP contribution in [0.4, 0.5) is 0 Å². The van der Waals surface area contributed by atoms with Crippen LogP contribution in [-0.2, 0) is 14.3 Å². The van der Waals surface area contributed by atoms with E-state index in [1.54, 1.807) is 0 Å². The Balaban J connectivity index is 2.29. The number of carbonyl (C=O) groups is 1. The fourth-order valence-electron chi connectivity index (χ4n) is 1.70. The minimum absolute atomic E-state index is 0.0531. The molecule has 0 amide bonds. The fraction of sp³-hybridized carbons (Fsp3) is 0.900. The fourth-order valence-corrected chi connectivity index (χ4v) is 1.70. The maximum atomic E-state index is 10.3. The second-order valence-electron chi connectivity index (χ2n) is 3.87. The highest BCUT2D eigenvalue weighted by Gasteiger charge is 2.36. The second-order valence-corrected chi connectivity index (χ2v) is 3.87. The SMILES string of the molecule is CCC[C@]1(C)OC[C@@H](CCC(=O)O)O1. The largest absolute Gasteiger partial charge is 0.481 e. The molecule has 1 aliphatic rings. The van der Waals surface area contributed by atoms with Crippen molar-refractivity contribution in [3.8, 4) is 0 Å². The normalized spacial score (nSPS) is 32.0. The van der Waals surface area contributed by atoms with Gasteiger partial charge in [-0.05, 0) is 13.3 Å². The predicted octanol–water partition coefficient (Wildman–Crippen LogP) is 1.78. The zero-order valence-electron chi connectivity index (χ0n) is 8.78. The molecule has 0 unspecified atom stereocenters. The summed E-state index contributed by atoms with van der Waals surface area (Å²) in [5.41, 5.74) is 0. The van der Waals surface area contributed by atoms with Crippen LogP contribution in [-0.4, -0.2) is 29.6 Å². The topological polar surface area (TPSA) is 55.8 Å². The van der Waals surface area contributed by atoms with Crippen LogP contribution in [0.5, 0.6) is 0 Å². The third kappa shape index (κ3) is 3.27. The summed E-state index contributed by atoms with van der Waals surface area (Å²) in [7, 11) is 0. The van der Waals surface area contributed by atoms with Gasteiger partial charge in [0.2, 0.25) is 0 Å². The van der Waals surface area contributed by atoms with E-state index < -0.39 is 11.8 Å². The molecule has 1 saturated heterocycles. The molecule has 0 bridgehead atoms. The molecule has 1 aliphatic heterocycles. The standard InChI is InChI=1S/C10H18O4/c1-3-6-10(2)13-7-8(14-10)4-5-9(11)12/h8H,3-7H2,1-2H3,(H,11,12)/t8-,10-/m1/s1. The van der Waals surface area contributed by atoms with Gasteiger partial charge in [0.15, 0.2) is 5.79 Å². The van der Waals surface area contributed by atoms with Gasteiger partial charge in [-0.2, -0.15) is 0 Å². The maximum absolute atomic E-state index is 10.3. The van der Waals surface area contributed by atoms with Crippen LogP contribution in [0.25, 0.3) is 0 Å². The Kier molecular flexibility index (Phi) is 3.89. The molecule has 1 N–H and O–H groups in total. The van der Waals surface area contributed by atoms with Crippen molar-refractivity contribution in [2.24, 2.45) is 0 Å². The summed E-state index contributed by atoms with van der Waals surface area (Å²) in [4.78, 5) is 10.3. The van der Waals surface area contributed by atoms with Crippen molar-refractivity contribution in [1.82, 2.24) is 0 Å². The minimum atomic E-state index is -0.780. The van der Waals surface area contributed by atoms with Gasteiger partial charge in [0.1, 0.15) is 0 Å². The van der Waals surface area contributed by atoms with Crippen molar-refractivity contribution >= 4 is 5.97 Å². The van der Waals surface area contributed by atoms with Crippen LogP contribution in [0, 0.1) is 0 Å². The van der Waals surface area contributed by atoms with Gasteiger partial charge in [-0.25, -0.2) is 0 Å². The van der Waals surface area contributed by atoms with E-state index in [1.165, 1.54) is 0 Å². The van der Waals surface area contributed by atoms with E-state index in [4.69, 9.17) is 14.6 Å². The van der Waals surface area contributed by atoms with Gasteiger partial charge in [-0.15, -0.1) is 0 Å². The van der Waals surface area contributed by atoms with Gasteiger partial charge in [-0.1, -0.05) is 13.3 Å². The second kappa shape index (κ2) is 4.75. The van der Waals surface area contributed by atoms with Crippen molar-refractivity contribution in [3.05, 3.63) is 0 Å². The summed E-state index contributed by atoms with van der Waals surface area (Å²) in [6.07, 6.45) is 2.49. The molecular weight excluding hydrogens is 184 g/mol. The highest BCUT2D eigenvalue weighted by Crippen LogP contribution is 2.29. The van der Waals surface area contributed by atoms with Crippen LogP contribution in [0.15, 0.2) is 0 Å². The van der Waals surface area contributed by atoms with Gasteiger partial charge < -0.3 is 14.6 Å². The van der Waals surface area contributed by atoms with E-state index in [0.29, 0.717) is 13.0 Å². The zero-order chi connectivity index (χ0) is 10.6. The number of hydrogen-bond acceptors (Lipinski definition) is 3. The summed E-state index contributed by atoms with van der Waals surface area (Å²) in [5, 5.41) is 8.51. The maximum Gasteiger partial charge on any atom is 0.303 e. The first-order valence-electron chi connectivity index (χ1n) is 5.09. The Bertz CT molecular complexity index is 204. The minimum Gasteiger partial charge on any atom is -0.481 e. The highest BCUT2D eigenvalue weighted by molar-refractivity contribution is 5.66. The lowest BCUT2D eigenvalue weighted by atomic mass is 10.2. The number of aliphatic carboxylic acids is 1. The van der Waals surface area contributed by atoms with Crippen LogP contribution < -0.4 is 0 Å². The smallest absolute Gasteiger partial charge is 0.303 e. The van der Waals surface area contributed by atoms with Crippen molar-refractivity contribution in [2.45, 2.75) is 51.4 Å². The number of ether oxygens (including phenoxy) is 2. The molecule has 0 spiro atoms. The predicted molar refractivity (Wildman–Crippen MR) is 51.0 cm³/mol. The molecule has 1 fully saturated rings. The third-order valence-corrected chi connectivity index (χ3v) is 2.37. The summed E-state index contributed by atoms with van der Waals surface area (Å²) in [6, 6.07) is 0. The molecule has 4 nitrogen and oxygen atoms in total. The van der Waals surface area contributed by atoms with Crippen LogP contribution in [0.3, 0.4) is 0 Å². The molecule has 14 heavy (non-hydrogen) atoms. The Hall–Kier alpha value is -0.610. The van der Waals surface area contributed by atoms with Crippen LogP contribution in [0.2, 0.25) is 0 Å². The Morgan fingerprint density at radius 1 is 1.64 bits per heavy atom. The van der Waals surface area contributed by atoms with E-state index in [-0.39, 0.29) is 12.5 Å². The van der Waals surface area contributed by atoms with Gasteiger partial charge in [-0.3, -0.25) is 4.79 Å². The number of hydrogen-bond donors (Lipinski definition) is 1. The van der Waals surface area contributed by atoms with Crippen molar-refractivity contribution in [2.75, 3.05) is 6.61 Å². The first-order valence-corrected chi connectivity index (χ1v) is 5.09. The first-order chi connectivity index (χ1) is 6.56. The third-order valence-electron chi connectivity index (χ3n) is 2.37. The molecule has 0 saturated carbocycles. The summed E-state index contributed by atoms with van der Waals surface area (Å²) < 4.78 is 11.2. The van der Waals surface area contributed by atoms with Crippen LogP contribution >= 0.6 is 0 Å². The van der Waals surface area contributed by atoms with Crippen molar-refractivity contribution in [1.29, 1.82) is 0 Å². The molecule has 0 aromatic heterocycles. The monoisotopic (exact) mass is 202 g/mol. The highest BCUT2D eigenvalue weighted by atomic mass is 16.7. The lowest BCUT2D eigenvalue weighted by molar-refractivity contribution is -0.160. The van der Waals surface area contributed by atoms with E-state index in [0.717, 1.165) is 12.8 Å². The number of carboxylic acids is 1. The summed E-state index contributed by atoms with van der Waals surface area (Å²) in [5.74, 6) is -1.27. The van der Waals surface area contributed by atoms with E-state index in [1.807, 2.05) is 6.92 Å². The molecule has 0 aliphatic carbocycles. The lowest BCUT2D eigenvalue weighted by Crippen LogP contribution is -2.26. The van der Waals surface area contributed by atoms with E-state index in [2.05, 4.69) is 6.92 Å². The molecule has 0 aromatic carbocycles. The average Bonchev–Trinajstić information content (AvgIpc) is 2.45. The van der Waals surface area contributed by atoms with Crippen molar-refractivity contribution in [3.63, 3.8) is 0 Å². The zero-order valence-corrected chi connectivity index (χ0v) is 8.78. The first kappa shape index (κ1) is 11.5. The molecule has 4 heteroatoms. The van der Waals surface area contributed by atoms with Gasteiger partial charge in [0.25, 0.3) is 0 Å². The quantitative estimate of drug-likeness (QED) is 0.738. The van der Waals surface area contributed by atoms with Crippen molar-refractivity contribution < 1.29 is 19.4 Å². The average molecular weight is 202 g/mol. The summed E-state index contributed by atoms with van der Waals surface area (Å²) >= 11 is 0. The van der Waals surface area contributed by atoms with E-state index >= 15 is 0 Å². The van der Waals surface area contributed by atoms with Gasteiger partial charge in [0.05, 0.1) is 12.7 Å². The Morgan fingerprint density at radius 2 is 2.36 bits per heavy atom. The number of carboxylic acid groups (broad SMARTS) is 1. The van der Waals surface area contributed by atoms with Gasteiger partial charge in [0, 0.05) is 12.8 Å². The molecule has 0 aromatic rings. The molecule has 82 valence electrons. The molecule has 0 radical (unpaired) electrons.